The molecule has 1 heterocycles. The Balaban J connectivity index is 2.20. The van der Waals surface area contributed by atoms with Gasteiger partial charge >= 0.3 is 0 Å². The first-order valence-corrected chi connectivity index (χ1v) is 5.08. The van der Waals surface area contributed by atoms with E-state index in [-0.39, 0.29) is 0 Å². The van der Waals surface area contributed by atoms with Crippen LogP contribution in [-0.4, -0.2) is 41.4 Å². The second-order valence-corrected chi connectivity index (χ2v) is 3.72. The van der Waals surface area contributed by atoms with Gasteiger partial charge in [0.15, 0.2) is 0 Å². The predicted molar refractivity (Wildman–Crippen MR) is 58.1 cm³/mol. The summed E-state index contributed by atoms with van der Waals surface area (Å²) in [5.41, 5.74) is 6.75. The lowest BCUT2D eigenvalue weighted by Gasteiger charge is -2.14. The van der Waals surface area contributed by atoms with E-state index in [4.69, 9.17) is 5.73 Å². The molecule has 0 amide bonds. The van der Waals surface area contributed by atoms with Crippen LogP contribution in [0.5, 0.6) is 0 Å². The van der Waals surface area contributed by atoms with E-state index in [0.717, 1.165) is 32.5 Å². The first kappa shape index (κ1) is 11.2. The second-order valence-electron chi connectivity index (χ2n) is 3.72. The SMILES string of the molecule is CN(CCCN)CCc1cnn(C)c1. The molecule has 0 aromatic carbocycles. The van der Waals surface area contributed by atoms with Gasteiger partial charge in [-0.05, 0) is 38.5 Å². The van der Waals surface area contributed by atoms with Gasteiger partial charge in [-0.25, -0.2) is 0 Å². The number of likely N-dealkylation sites (N-methyl/N-ethyl adjacent to an activating group) is 1. The maximum Gasteiger partial charge on any atom is 0.0522 e. The van der Waals surface area contributed by atoms with Gasteiger partial charge in [0.1, 0.15) is 0 Å². The summed E-state index contributed by atoms with van der Waals surface area (Å²) in [5, 5.41) is 4.13. The van der Waals surface area contributed by atoms with Crippen LogP contribution in [0.4, 0.5) is 0 Å². The predicted octanol–water partition coefficient (Wildman–Crippen LogP) is 0.243. The molecule has 1 aromatic heterocycles. The number of aromatic nitrogens is 2. The molecule has 0 spiro atoms. The van der Waals surface area contributed by atoms with Crippen LogP contribution in [0.15, 0.2) is 12.4 Å². The molecule has 0 saturated carbocycles. The van der Waals surface area contributed by atoms with Crippen molar-refractivity contribution in [2.24, 2.45) is 12.8 Å². The molecule has 0 fully saturated rings. The number of nitrogens with two attached hydrogens (primary N) is 1. The Hall–Kier alpha value is -0.870. The highest BCUT2D eigenvalue weighted by molar-refractivity contribution is 5.03. The van der Waals surface area contributed by atoms with E-state index in [2.05, 4.69) is 23.2 Å². The Morgan fingerprint density at radius 3 is 2.86 bits per heavy atom. The van der Waals surface area contributed by atoms with Crippen molar-refractivity contribution >= 4 is 0 Å². The fraction of sp³-hybridized carbons (Fsp3) is 0.700. The zero-order valence-electron chi connectivity index (χ0n) is 9.11. The molecule has 0 bridgehead atoms. The lowest BCUT2D eigenvalue weighted by Crippen LogP contribution is -2.24. The van der Waals surface area contributed by atoms with E-state index in [9.17, 15) is 0 Å². The van der Waals surface area contributed by atoms with Gasteiger partial charge in [-0.2, -0.15) is 5.10 Å². The summed E-state index contributed by atoms with van der Waals surface area (Å²) in [6, 6.07) is 0. The van der Waals surface area contributed by atoms with Gasteiger partial charge in [-0.1, -0.05) is 0 Å². The lowest BCUT2D eigenvalue weighted by atomic mass is 10.2. The number of hydrogen-bond donors (Lipinski definition) is 1. The minimum atomic E-state index is 0.775. The van der Waals surface area contributed by atoms with Crippen molar-refractivity contribution < 1.29 is 0 Å². The van der Waals surface area contributed by atoms with E-state index in [1.165, 1.54) is 5.56 Å². The molecule has 2 N–H and O–H groups in total. The van der Waals surface area contributed by atoms with E-state index in [1.807, 2.05) is 17.9 Å². The third-order valence-electron chi connectivity index (χ3n) is 2.28. The fourth-order valence-corrected chi connectivity index (χ4v) is 1.39. The van der Waals surface area contributed by atoms with Crippen molar-refractivity contribution in [3.05, 3.63) is 18.0 Å². The smallest absolute Gasteiger partial charge is 0.0522 e. The van der Waals surface area contributed by atoms with Crippen LogP contribution in [0.25, 0.3) is 0 Å². The molecule has 0 atom stereocenters. The highest BCUT2D eigenvalue weighted by Crippen LogP contribution is 1.98. The van der Waals surface area contributed by atoms with Crippen LogP contribution in [0.3, 0.4) is 0 Å². The second kappa shape index (κ2) is 5.78. The summed E-state index contributed by atoms with van der Waals surface area (Å²) in [5.74, 6) is 0. The Kier molecular flexibility index (Phi) is 4.62. The molecule has 0 saturated heterocycles. The molecule has 0 aliphatic heterocycles. The van der Waals surface area contributed by atoms with Gasteiger partial charge in [-0.3, -0.25) is 4.68 Å². The van der Waals surface area contributed by atoms with Gasteiger partial charge in [0, 0.05) is 19.8 Å². The van der Waals surface area contributed by atoms with E-state index in [1.54, 1.807) is 0 Å². The standard InChI is InChI=1S/C10H20N4/c1-13(6-3-5-11)7-4-10-8-12-14(2)9-10/h8-9H,3-7,11H2,1-2H3. The Labute approximate surface area is 85.7 Å². The lowest BCUT2D eigenvalue weighted by molar-refractivity contribution is 0.335. The molecule has 0 radical (unpaired) electrons. The first-order valence-electron chi connectivity index (χ1n) is 5.08. The highest BCUT2D eigenvalue weighted by atomic mass is 15.2. The molecule has 4 heteroatoms. The molecular formula is C10H20N4. The average Bonchev–Trinajstić information content (AvgIpc) is 2.58. The van der Waals surface area contributed by atoms with E-state index >= 15 is 0 Å². The quantitative estimate of drug-likeness (QED) is 0.709. The molecule has 1 rings (SSSR count). The monoisotopic (exact) mass is 196 g/mol. The van der Waals surface area contributed by atoms with Crippen LogP contribution in [0.2, 0.25) is 0 Å². The van der Waals surface area contributed by atoms with Gasteiger partial charge in [0.05, 0.1) is 6.20 Å². The van der Waals surface area contributed by atoms with Crippen molar-refractivity contribution in [2.75, 3.05) is 26.7 Å². The van der Waals surface area contributed by atoms with E-state index < -0.39 is 0 Å². The summed E-state index contributed by atoms with van der Waals surface area (Å²) in [4.78, 5) is 2.31. The fourth-order valence-electron chi connectivity index (χ4n) is 1.39. The minimum absolute atomic E-state index is 0.775. The number of rotatable bonds is 6. The molecule has 1 aromatic rings. The van der Waals surface area contributed by atoms with E-state index in [0.29, 0.717) is 0 Å². The van der Waals surface area contributed by atoms with Crippen molar-refractivity contribution in [2.45, 2.75) is 12.8 Å². The van der Waals surface area contributed by atoms with Crippen molar-refractivity contribution in [1.29, 1.82) is 0 Å². The Morgan fingerprint density at radius 2 is 2.29 bits per heavy atom. The largest absolute Gasteiger partial charge is 0.330 e. The zero-order valence-corrected chi connectivity index (χ0v) is 9.11. The van der Waals surface area contributed by atoms with Gasteiger partial charge in [-0.15, -0.1) is 0 Å². The van der Waals surface area contributed by atoms with Gasteiger partial charge in [0.2, 0.25) is 0 Å². The third-order valence-corrected chi connectivity index (χ3v) is 2.28. The molecule has 4 nitrogen and oxygen atoms in total. The molecular weight excluding hydrogens is 176 g/mol. The zero-order chi connectivity index (χ0) is 10.4. The number of aryl methyl sites for hydroxylation is 1. The third kappa shape index (κ3) is 3.89. The van der Waals surface area contributed by atoms with Crippen molar-refractivity contribution in [1.82, 2.24) is 14.7 Å². The topological polar surface area (TPSA) is 47.1 Å². The molecule has 0 aliphatic carbocycles. The Morgan fingerprint density at radius 1 is 1.50 bits per heavy atom. The maximum atomic E-state index is 5.45. The van der Waals surface area contributed by atoms with Crippen molar-refractivity contribution in [3.8, 4) is 0 Å². The van der Waals surface area contributed by atoms with Crippen LogP contribution in [-0.2, 0) is 13.5 Å². The molecule has 14 heavy (non-hydrogen) atoms. The van der Waals surface area contributed by atoms with Crippen LogP contribution < -0.4 is 5.73 Å². The van der Waals surface area contributed by atoms with Crippen LogP contribution >= 0.6 is 0 Å². The molecule has 0 aliphatic rings. The van der Waals surface area contributed by atoms with Crippen LogP contribution in [0, 0.1) is 0 Å². The van der Waals surface area contributed by atoms with Crippen LogP contribution in [0.1, 0.15) is 12.0 Å². The molecule has 0 unspecified atom stereocenters. The summed E-state index contributed by atoms with van der Waals surface area (Å²) in [6.45, 7) is 2.93. The molecule has 80 valence electrons. The van der Waals surface area contributed by atoms with Crippen molar-refractivity contribution in [3.63, 3.8) is 0 Å². The average molecular weight is 196 g/mol. The summed E-state index contributed by atoms with van der Waals surface area (Å²) < 4.78 is 1.84. The normalized spacial score (nSPS) is 11.1. The number of hydrogen-bond acceptors (Lipinski definition) is 3. The number of nitrogens with zero attached hydrogens (tertiary/aromatic N) is 3. The minimum Gasteiger partial charge on any atom is -0.330 e. The highest BCUT2D eigenvalue weighted by Gasteiger charge is 2.00. The maximum absolute atomic E-state index is 5.45. The summed E-state index contributed by atoms with van der Waals surface area (Å²) in [6.07, 6.45) is 6.13. The Bertz CT molecular complexity index is 256. The van der Waals surface area contributed by atoms with Gasteiger partial charge in [0.25, 0.3) is 0 Å². The summed E-state index contributed by atoms with van der Waals surface area (Å²) in [7, 11) is 4.08. The first-order chi connectivity index (χ1) is 6.72. The van der Waals surface area contributed by atoms with Gasteiger partial charge < -0.3 is 10.6 Å². The summed E-state index contributed by atoms with van der Waals surface area (Å²) >= 11 is 0.